The van der Waals surface area contributed by atoms with Gasteiger partial charge in [0.05, 0.1) is 0 Å². The molecule has 2 heteroatoms. The van der Waals surface area contributed by atoms with E-state index in [9.17, 15) is 4.79 Å². The van der Waals surface area contributed by atoms with Gasteiger partial charge in [0.1, 0.15) is 0 Å². The second-order valence-electron chi connectivity index (χ2n) is 3.69. The molecular formula is C14H11OSe. The van der Waals surface area contributed by atoms with Gasteiger partial charge in [-0.15, -0.1) is 0 Å². The van der Waals surface area contributed by atoms with E-state index in [4.69, 9.17) is 0 Å². The van der Waals surface area contributed by atoms with Gasteiger partial charge in [-0.25, -0.2) is 0 Å². The summed E-state index contributed by atoms with van der Waals surface area (Å²) in [6.45, 7) is 1.99. The molecule has 1 radical (unpaired) electrons. The third-order valence-electron chi connectivity index (χ3n) is 2.42. The summed E-state index contributed by atoms with van der Waals surface area (Å²) in [5, 5.41) is 0. The van der Waals surface area contributed by atoms with Crippen molar-refractivity contribution in [2.75, 3.05) is 0 Å². The minimum atomic E-state index is 0.0676. The number of benzene rings is 2. The molecule has 0 N–H and O–H groups in total. The molecule has 0 saturated carbocycles. The molecule has 0 fully saturated rings. The van der Waals surface area contributed by atoms with Crippen LogP contribution in [0.4, 0.5) is 0 Å². The Bertz CT molecular complexity index is 518. The van der Waals surface area contributed by atoms with Crippen molar-refractivity contribution in [1.29, 1.82) is 0 Å². The van der Waals surface area contributed by atoms with Crippen molar-refractivity contribution >= 4 is 26.3 Å². The molecule has 0 heterocycles. The van der Waals surface area contributed by atoms with Crippen LogP contribution in [-0.2, 0) is 0 Å². The maximum atomic E-state index is 12.2. The quantitative estimate of drug-likeness (QED) is 0.605. The Morgan fingerprint density at radius 1 is 1.06 bits per heavy atom. The second-order valence-corrected chi connectivity index (χ2v) is 4.62. The Morgan fingerprint density at radius 2 is 1.75 bits per heavy atom. The summed E-state index contributed by atoms with van der Waals surface area (Å²) >= 11 is 2.93. The monoisotopic (exact) mass is 275 g/mol. The normalized spacial score (nSPS) is 10.1. The Morgan fingerprint density at radius 3 is 2.44 bits per heavy atom. The van der Waals surface area contributed by atoms with Gasteiger partial charge in [0.2, 0.25) is 0 Å². The number of carbonyl (C=O) groups excluding carboxylic acids is 1. The van der Waals surface area contributed by atoms with Gasteiger partial charge in [-0.3, -0.25) is 0 Å². The number of hydrogen-bond acceptors (Lipinski definition) is 1. The third-order valence-corrected chi connectivity index (χ3v) is 3.16. The van der Waals surface area contributed by atoms with E-state index in [1.807, 2.05) is 55.5 Å². The summed E-state index contributed by atoms with van der Waals surface area (Å²) in [5.74, 6) is 0.0676. The van der Waals surface area contributed by atoms with Crippen LogP contribution in [0.5, 0.6) is 0 Å². The standard InChI is InChI=1S/C14H11OSe/c1-10-7-8-13(16)12(9-10)14(15)11-5-3-2-4-6-11/h2-9H,1H3. The van der Waals surface area contributed by atoms with E-state index in [0.29, 0.717) is 0 Å². The SMILES string of the molecule is Cc1ccc([Se])c(C(=O)c2ccccc2)c1. The van der Waals surface area contributed by atoms with E-state index in [2.05, 4.69) is 16.0 Å². The molecule has 79 valence electrons. The first-order valence-electron chi connectivity index (χ1n) is 5.06. The first-order chi connectivity index (χ1) is 7.68. The zero-order valence-electron chi connectivity index (χ0n) is 8.94. The molecule has 1 nitrogen and oxygen atoms in total. The Balaban J connectivity index is 2.46. The van der Waals surface area contributed by atoms with E-state index in [1.165, 1.54) is 0 Å². The van der Waals surface area contributed by atoms with Gasteiger partial charge in [-0.2, -0.15) is 0 Å². The molecule has 0 amide bonds. The maximum absolute atomic E-state index is 12.2. The summed E-state index contributed by atoms with van der Waals surface area (Å²) in [6, 6.07) is 15.2. The average Bonchev–Trinajstić information content (AvgIpc) is 2.32. The Labute approximate surface area is 103 Å². The average molecular weight is 274 g/mol. The van der Waals surface area contributed by atoms with Crippen molar-refractivity contribution in [2.24, 2.45) is 0 Å². The summed E-state index contributed by atoms with van der Waals surface area (Å²) in [4.78, 5) is 12.2. The Kier molecular flexibility index (Phi) is 3.23. The van der Waals surface area contributed by atoms with Crippen molar-refractivity contribution < 1.29 is 4.79 Å². The van der Waals surface area contributed by atoms with Crippen LogP contribution in [0.1, 0.15) is 21.5 Å². The van der Waals surface area contributed by atoms with Crippen LogP contribution in [0.2, 0.25) is 0 Å². The van der Waals surface area contributed by atoms with Crippen molar-refractivity contribution in [1.82, 2.24) is 0 Å². The molecule has 0 atom stereocenters. The topological polar surface area (TPSA) is 17.1 Å². The number of aryl methyl sites for hydroxylation is 1. The summed E-state index contributed by atoms with van der Waals surface area (Å²) in [6.07, 6.45) is 0. The van der Waals surface area contributed by atoms with Gasteiger partial charge in [0, 0.05) is 0 Å². The van der Waals surface area contributed by atoms with Crippen LogP contribution in [0, 0.1) is 6.92 Å². The number of ketones is 1. The molecule has 0 aromatic heterocycles. The molecule has 0 bridgehead atoms. The van der Waals surface area contributed by atoms with Crippen LogP contribution >= 0.6 is 0 Å². The summed E-state index contributed by atoms with van der Waals surface area (Å²) in [5.41, 5.74) is 2.56. The first-order valence-corrected chi connectivity index (χ1v) is 5.91. The molecule has 2 aromatic carbocycles. The zero-order valence-corrected chi connectivity index (χ0v) is 10.6. The van der Waals surface area contributed by atoms with Crippen LogP contribution in [0.3, 0.4) is 0 Å². The van der Waals surface area contributed by atoms with E-state index < -0.39 is 0 Å². The fourth-order valence-corrected chi connectivity index (χ4v) is 2.03. The van der Waals surface area contributed by atoms with E-state index >= 15 is 0 Å². The van der Waals surface area contributed by atoms with Gasteiger partial charge in [-0.05, 0) is 0 Å². The molecule has 0 spiro atoms. The van der Waals surface area contributed by atoms with Crippen molar-refractivity contribution in [3.63, 3.8) is 0 Å². The molecule has 16 heavy (non-hydrogen) atoms. The van der Waals surface area contributed by atoms with Gasteiger partial charge >= 0.3 is 103 Å². The molecule has 0 saturated heterocycles. The van der Waals surface area contributed by atoms with Gasteiger partial charge in [0.15, 0.2) is 0 Å². The third kappa shape index (κ3) is 2.24. The molecule has 0 aliphatic rings. The zero-order chi connectivity index (χ0) is 11.5. The molecule has 2 aromatic rings. The van der Waals surface area contributed by atoms with Crippen LogP contribution in [-0.4, -0.2) is 21.8 Å². The van der Waals surface area contributed by atoms with Crippen LogP contribution in [0.25, 0.3) is 0 Å². The first kappa shape index (κ1) is 11.1. The van der Waals surface area contributed by atoms with Crippen molar-refractivity contribution in [3.05, 3.63) is 65.2 Å². The van der Waals surface area contributed by atoms with Gasteiger partial charge in [-0.1, -0.05) is 0 Å². The van der Waals surface area contributed by atoms with Crippen molar-refractivity contribution in [2.45, 2.75) is 6.92 Å². The van der Waals surface area contributed by atoms with E-state index in [1.54, 1.807) is 0 Å². The number of hydrogen-bond donors (Lipinski definition) is 0. The predicted octanol–water partition coefficient (Wildman–Crippen LogP) is 2.02. The Hall–Kier alpha value is -1.37. The van der Waals surface area contributed by atoms with Crippen molar-refractivity contribution in [3.8, 4) is 0 Å². The van der Waals surface area contributed by atoms with Gasteiger partial charge in [0.25, 0.3) is 0 Å². The fourth-order valence-electron chi connectivity index (χ4n) is 1.57. The predicted molar refractivity (Wildman–Crippen MR) is 66.4 cm³/mol. The second kappa shape index (κ2) is 4.65. The number of carbonyl (C=O) groups is 1. The van der Waals surface area contributed by atoms with Gasteiger partial charge < -0.3 is 0 Å². The minimum absolute atomic E-state index is 0.0676. The molecule has 0 aliphatic carbocycles. The summed E-state index contributed by atoms with van der Waals surface area (Å²) in [7, 11) is 0. The van der Waals surface area contributed by atoms with E-state index in [0.717, 1.165) is 21.2 Å². The van der Waals surface area contributed by atoms with Crippen LogP contribution in [0.15, 0.2) is 48.5 Å². The van der Waals surface area contributed by atoms with Crippen LogP contribution < -0.4 is 4.46 Å². The molecule has 0 unspecified atom stereocenters. The summed E-state index contributed by atoms with van der Waals surface area (Å²) < 4.78 is 0.902. The number of rotatable bonds is 2. The molecule has 2 rings (SSSR count). The van der Waals surface area contributed by atoms with E-state index in [-0.39, 0.29) is 5.78 Å². The fraction of sp³-hybridized carbons (Fsp3) is 0.0714. The molecule has 0 aliphatic heterocycles. The molecular weight excluding hydrogens is 263 g/mol.